The zero-order valence-corrected chi connectivity index (χ0v) is 8.97. The summed E-state index contributed by atoms with van der Waals surface area (Å²) in [4.78, 5) is 0. The van der Waals surface area contributed by atoms with Crippen molar-refractivity contribution in [3.63, 3.8) is 0 Å². The molecule has 0 aromatic rings. The van der Waals surface area contributed by atoms with E-state index in [0.29, 0.717) is 5.57 Å². The minimum Gasteiger partial charge on any atom is -0.398 e. The van der Waals surface area contributed by atoms with Crippen LogP contribution in [0.3, 0.4) is 0 Å². The molecule has 0 amide bonds. The maximum absolute atomic E-state index is 12.4. The van der Waals surface area contributed by atoms with Gasteiger partial charge in [-0.1, -0.05) is 26.8 Å². The molecule has 0 unspecified atom stereocenters. The van der Waals surface area contributed by atoms with Crippen molar-refractivity contribution in [1.29, 1.82) is 5.26 Å². The average Bonchev–Trinajstić information content (AvgIpc) is 2.17. The van der Waals surface area contributed by atoms with Gasteiger partial charge in [-0.3, -0.25) is 0 Å². The first kappa shape index (κ1) is 14.9. The molecule has 0 bridgehead atoms. The third-order valence-electron chi connectivity index (χ3n) is 1.09. The molecule has 2 N–H and O–H groups in total. The zero-order valence-electron chi connectivity index (χ0n) is 8.97. The lowest BCUT2D eigenvalue weighted by Gasteiger charge is -1.92. The first-order valence-electron chi connectivity index (χ1n) is 4.39. The summed E-state index contributed by atoms with van der Waals surface area (Å²) in [6.07, 6.45) is 3.34. The van der Waals surface area contributed by atoms with Crippen LogP contribution in [-0.4, -0.2) is 0 Å². The summed E-state index contributed by atoms with van der Waals surface area (Å²) >= 11 is 0. The second-order valence-electron chi connectivity index (χ2n) is 2.63. The summed E-state index contributed by atoms with van der Waals surface area (Å²) in [7, 11) is 0. The molecule has 0 heterocycles. The molecule has 3 heteroatoms. The summed E-state index contributed by atoms with van der Waals surface area (Å²) in [5.74, 6) is -0.544. The summed E-state index contributed by atoms with van der Waals surface area (Å²) in [6, 6.07) is 1.80. The van der Waals surface area contributed by atoms with Gasteiger partial charge in [-0.25, -0.2) is 4.39 Å². The largest absolute Gasteiger partial charge is 0.398 e. The molecule has 0 spiro atoms. The van der Waals surface area contributed by atoms with Crippen molar-refractivity contribution in [3.8, 4) is 6.07 Å². The molecule has 2 nitrogen and oxygen atoms in total. The number of hydrogen-bond donors (Lipinski definition) is 1. The first-order valence-corrected chi connectivity index (χ1v) is 4.39. The standard InChI is InChI=1S/C8H9FN2.C3H8/c1-3-7(9)4-8(11)6(2)5-10;1-3-2/h3-4H,1,11H2,2H3;3H2,1-2H3/b7-4+,8-6-;. The number of nitriles is 1. The van der Waals surface area contributed by atoms with Gasteiger partial charge in [0, 0.05) is 11.3 Å². The lowest BCUT2D eigenvalue weighted by molar-refractivity contribution is 0.666. The quantitative estimate of drug-likeness (QED) is 0.544. The molecule has 0 aromatic heterocycles. The Labute approximate surface area is 85.2 Å². The molecule has 14 heavy (non-hydrogen) atoms. The van der Waals surface area contributed by atoms with E-state index in [0.717, 1.165) is 12.2 Å². The topological polar surface area (TPSA) is 49.8 Å². The zero-order chi connectivity index (χ0) is 11.6. The molecule has 0 saturated heterocycles. The van der Waals surface area contributed by atoms with Gasteiger partial charge in [-0.15, -0.1) is 0 Å². The van der Waals surface area contributed by atoms with E-state index in [1.165, 1.54) is 13.3 Å². The van der Waals surface area contributed by atoms with Crippen molar-refractivity contribution in [2.45, 2.75) is 27.2 Å². The monoisotopic (exact) mass is 196 g/mol. The fourth-order valence-corrected chi connectivity index (χ4v) is 0.380. The van der Waals surface area contributed by atoms with Crippen molar-refractivity contribution in [2.24, 2.45) is 5.73 Å². The highest BCUT2D eigenvalue weighted by molar-refractivity contribution is 5.33. The maximum atomic E-state index is 12.4. The predicted molar refractivity (Wildman–Crippen MR) is 57.9 cm³/mol. The van der Waals surface area contributed by atoms with Gasteiger partial charge >= 0.3 is 0 Å². The molecule has 0 fully saturated rings. The number of allylic oxidation sites excluding steroid dienone is 4. The van der Waals surface area contributed by atoms with Crippen LogP contribution in [0.5, 0.6) is 0 Å². The fourth-order valence-electron chi connectivity index (χ4n) is 0.380. The van der Waals surface area contributed by atoms with Gasteiger partial charge in [-0.2, -0.15) is 5.26 Å². The SMILES string of the molecule is C=C/C(F)=C\C(N)=C(/C)C#N.CCC. The van der Waals surface area contributed by atoms with Gasteiger partial charge in [0.05, 0.1) is 6.07 Å². The second-order valence-corrected chi connectivity index (χ2v) is 2.63. The molecule has 0 radical (unpaired) electrons. The molecule has 0 atom stereocenters. The molecule has 0 saturated carbocycles. The number of hydrogen-bond acceptors (Lipinski definition) is 2. The number of halogens is 1. The van der Waals surface area contributed by atoms with Gasteiger partial charge in [0.25, 0.3) is 0 Å². The molecule has 78 valence electrons. The Kier molecular flexibility index (Phi) is 10.2. The van der Waals surface area contributed by atoms with E-state index in [4.69, 9.17) is 11.0 Å². The highest BCUT2D eigenvalue weighted by Crippen LogP contribution is 2.03. The fraction of sp³-hybridized carbons (Fsp3) is 0.364. The minimum atomic E-state index is -0.544. The Hall–Kier alpha value is -1.56. The third kappa shape index (κ3) is 8.54. The van der Waals surface area contributed by atoms with Crippen LogP contribution in [0.15, 0.2) is 35.8 Å². The number of nitrogens with zero attached hydrogens (tertiary/aromatic N) is 1. The van der Waals surface area contributed by atoms with Gasteiger partial charge in [0.1, 0.15) is 5.83 Å². The lowest BCUT2D eigenvalue weighted by Crippen LogP contribution is -1.96. The number of nitrogens with two attached hydrogens (primary N) is 1. The number of rotatable bonds is 2. The molecule has 0 aromatic carbocycles. The van der Waals surface area contributed by atoms with Gasteiger partial charge in [-0.05, 0) is 19.1 Å². The van der Waals surface area contributed by atoms with Crippen LogP contribution >= 0.6 is 0 Å². The molecule has 0 aliphatic heterocycles. The van der Waals surface area contributed by atoms with E-state index in [2.05, 4.69) is 20.4 Å². The Bertz CT molecular complexity index is 270. The molecule has 0 aliphatic carbocycles. The Morgan fingerprint density at radius 1 is 1.57 bits per heavy atom. The molecular weight excluding hydrogens is 179 g/mol. The average molecular weight is 196 g/mol. The van der Waals surface area contributed by atoms with Crippen LogP contribution in [0.1, 0.15) is 27.2 Å². The minimum absolute atomic E-state index is 0.130. The van der Waals surface area contributed by atoms with Crippen LogP contribution < -0.4 is 5.73 Å². The lowest BCUT2D eigenvalue weighted by atomic mass is 10.2. The van der Waals surface area contributed by atoms with Crippen LogP contribution in [0.4, 0.5) is 4.39 Å². The summed E-state index contributed by atoms with van der Waals surface area (Å²) < 4.78 is 12.4. The summed E-state index contributed by atoms with van der Waals surface area (Å²) in [6.45, 7) is 8.96. The van der Waals surface area contributed by atoms with Crippen molar-refractivity contribution in [2.75, 3.05) is 0 Å². The highest BCUT2D eigenvalue weighted by atomic mass is 19.1. The first-order chi connectivity index (χ1) is 6.53. The van der Waals surface area contributed by atoms with Crippen molar-refractivity contribution in [1.82, 2.24) is 0 Å². The van der Waals surface area contributed by atoms with Gasteiger partial charge < -0.3 is 5.73 Å². The highest BCUT2D eigenvalue weighted by Gasteiger charge is 1.93. The van der Waals surface area contributed by atoms with Crippen LogP contribution in [0.2, 0.25) is 0 Å². The van der Waals surface area contributed by atoms with Gasteiger partial charge in [0.2, 0.25) is 0 Å². The third-order valence-corrected chi connectivity index (χ3v) is 1.09. The van der Waals surface area contributed by atoms with Crippen LogP contribution in [0.25, 0.3) is 0 Å². The molecule has 0 rings (SSSR count). The van der Waals surface area contributed by atoms with Crippen molar-refractivity contribution >= 4 is 0 Å². The van der Waals surface area contributed by atoms with E-state index in [1.54, 1.807) is 6.07 Å². The van der Waals surface area contributed by atoms with Crippen LogP contribution in [0, 0.1) is 11.3 Å². The van der Waals surface area contributed by atoms with Crippen LogP contribution in [-0.2, 0) is 0 Å². The van der Waals surface area contributed by atoms with E-state index in [9.17, 15) is 4.39 Å². The van der Waals surface area contributed by atoms with Crippen molar-refractivity contribution < 1.29 is 4.39 Å². The maximum Gasteiger partial charge on any atom is 0.124 e. The molecular formula is C11H17FN2. The van der Waals surface area contributed by atoms with Crippen molar-refractivity contribution in [3.05, 3.63) is 35.8 Å². The second kappa shape index (κ2) is 9.53. The smallest absolute Gasteiger partial charge is 0.124 e. The Morgan fingerprint density at radius 3 is 2.29 bits per heavy atom. The van der Waals surface area contributed by atoms with E-state index < -0.39 is 5.83 Å². The predicted octanol–water partition coefficient (Wildman–Crippen LogP) is 3.20. The van der Waals surface area contributed by atoms with Gasteiger partial charge in [0.15, 0.2) is 0 Å². The summed E-state index contributed by atoms with van der Waals surface area (Å²) in [5.41, 5.74) is 5.72. The van der Waals surface area contributed by atoms with E-state index >= 15 is 0 Å². The normalized spacial score (nSPS) is 11.8. The Balaban J connectivity index is 0. The molecule has 0 aliphatic rings. The Morgan fingerprint density at radius 2 is 2.00 bits per heavy atom. The van der Waals surface area contributed by atoms with E-state index in [-0.39, 0.29) is 5.70 Å². The summed E-state index contributed by atoms with van der Waals surface area (Å²) in [5, 5.41) is 8.33. The van der Waals surface area contributed by atoms with E-state index in [1.807, 2.05) is 0 Å².